The van der Waals surface area contributed by atoms with Gasteiger partial charge in [0, 0.05) is 13.2 Å². The van der Waals surface area contributed by atoms with E-state index in [4.69, 9.17) is 4.74 Å². The standard InChI is InChI=1S/C9H19NO/c1-8(2)5-10-6-9-3-4-11-7-9/h8-10H,3-7H2,1-2H3. The van der Waals surface area contributed by atoms with E-state index in [-0.39, 0.29) is 0 Å². The Kier molecular flexibility index (Phi) is 3.87. The van der Waals surface area contributed by atoms with Gasteiger partial charge in [0.05, 0.1) is 6.61 Å². The summed E-state index contributed by atoms with van der Waals surface area (Å²) in [6.45, 7) is 8.67. The molecule has 0 amide bonds. The molecule has 1 atom stereocenters. The molecule has 66 valence electrons. The maximum atomic E-state index is 5.27. The molecule has 0 saturated carbocycles. The van der Waals surface area contributed by atoms with Gasteiger partial charge in [0.25, 0.3) is 0 Å². The Morgan fingerprint density at radius 1 is 1.55 bits per heavy atom. The molecule has 1 aliphatic heterocycles. The minimum absolute atomic E-state index is 0.761. The molecule has 11 heavy (non-hydrogen) atoms. The second kappa shape index (κ2) is 4.73. The molecule has 1 saturated heterocycles. The van der Waals surface area contributed by atoms with Crippen molar-refractivity contribution < 1.29 is 4.74 Å². The molecule has 0 aliphatic carbocycles. The van der Waals surface area contributed by atoms with Gasteiger partial charge in [0.2, 0.25) is 0 Å². The minimum atomic E-state index is 0.761. The first kappa shape index (κ1) is 9.01. The van der Waals surface area contributed by atoms with Crippen molar-refractivity contribution in [3.63, 3.8) is 0 Å². The quantitative estimate of drug-likeness (QED) is 0.663. The normalized spacial score (nSPS) is 24.8. The highest BCUT2D eigenvalue weighted by Gasteiger charge is 2.14. The molecule has 1 N–H and O–H groups in total. The van der Waals surface area contributed by atoms with Crippen molar-refractivity contribution in [1.82, 2.24) is 5.32 Å². The van der Waals surface area contributed by atoms with Crippen LogP contribution in [0.25, 0.3) is 0 Å². The topological polar surface area (TPSA) is 21.3 Å². The molecule has 0 aromatic rings. The monoisotopic (exact) mass is 157 g/mol. The van der Waals surface area contributed by atoms with E-state index in [2.05, 4.69) is 19.2 Å². The van der Waals surface area contributed by atoms with Gasteiger partial charge in [0.1, 0.15) is 0 Å². The second-order valence-electron chi connectivity index (χ2n) is 3.78. The summed E-state index contributed by atoms with van der Waals surface area (Å²) in [6.07, 6.45) is 1.24. The molecule has 1 fully saturated rings. The van der Waals surface area contributed by atoms with Gasteiger partial charge in [-0.15, -0.1) is 0 Å². The predicted molar refractivity (Wildman–Crippen MR) is 46.6 cm³/mol. The zero-order valence-corrected chi connectivity index (χ0v) is 7.60. The zero-order chi connectivity index (χ0) is 8.10. The highest BCUT2D eigenvalue weighted by atomic mass is 16.5. The van der Waals surface area contributed by atoms with Crippen LogP contribution in [0.1, 0.15) is 20.3 Å². The van der Waals surface area contributed by atoms with Gasteiger partial charge >= 0.3 is 0 Å². The summed E-state index contributed by atoms with van der Waals surface area (Å²) >= 11 is 0. The summed E-state index contributed by atoms with van der Waals surface area (Å²) in [5.41, 5.74) is 0. The van der Waals surface area contributed by atoms with Crippen LogP contribution in [0.4, 0.5) is 0 Å². The van der Waals surface area contributed by atoms with E-state index in [0.717, 1.165) is 38.1 Å². The average molecular weight is 157 g/mol. The maximum Gasteiger partial charge on any atom is 0.0507 e. The number of hydrogen-bond donors (Lipinski definition) is 1. The van der Waals surface area contributed by atoms with Crippen molar-refractivity contribution in [2.75, 3.05) is 26.3 Å². The molecule has 2 nitrogen and oxygen atoms in total. The molecule has 1 heterocycles. The number of ether oxygens (including phenoxy) is 1. The largest absolute Gasteiger partial charge is 0.381 e. The van der Waals surface area contributed by atoms with Crippen molar-refractivity contribution in [3.8, 4) is 0 Å². The van der Waals surface area contributed by atoms with Gasteiger partial charge < -0.3 is 10.1 Å². The van der Waals surface area contributed by atoms with Crippen LogP contribution >= 0.6 is 0 Å². The third-order valence-corrected chi connectivity index (χ3v) is 2.01. The SMILES string of the molecule is CC(C)CNCC1CCOC1. The average Bonchev–Trinajstić information content (AvgIpc) is 2.39. The van der Waals surface area contributed by atoms with Crippen molar-refractivity contribution in [1.29, 1.82) is 0 Å². The fourth-order valence-corrected chi connectivity index (χ4v) is 1.32. The van der Waals surface area contributed by atoms with Gasteiger partial charge in [-0.3, -0.25) is 0 Å². The Hall–Kier alpha value is -0.0800. The fraction of sp³-hybridized carbons (Fsp3) is 1.00. The molecule has 0 aromatic carbocycles. The summed E-state index contributed by atoms with van der Waals surface area (Å²) in [5, 5.41) is 3.45. The van der Waals surface area contributed by atoms with Crippen molar-refractivity contribution in [2.45, 2.75) is 20.3 Å². The summed E-state index contributed by atoms with van der Waals surface area (Å²) in [4.78, 5) is 0. The third-order valence-electron chi connectivity index (χ3n) is 2.01. The van der Waals surface area contributed by atoms with Crippen LogP contribution in [-0.2, 0) is 4.74 Å². The molecule has 0 spiro atoms. The Morgan fingerprint density at radius 2 is 2.36 bits per heavy atom. The molecule has 0 radical (unpaired) electrons. The first-order valence-corrected chi connectivity index (χ1v) is 4.57. The van der Waals surface area contributed by atoms with Gasteiger partial charge in [-0.25, -0.2) is 0 Å². The van der Waals surface area contributed by atoms with E-state index >= 15 is 0 Å². The molecule has 1 rings (SSSR count). The van der Waals surface area contributed by atoms with Crippen LogP contribution in [0, 0.1) is 11.8 Å². The number of nitrogens with one attached hydrogen (secondary N) is 1. The van der Waals surface area contributed by atoms with Crippen LogP contribution in [0.15, 0.2) is 0 Å². The smallest absolute Gasteiger partial charge is 0.0507 e. The molecular formula is C9H19NO. The molecule has 2 heteroatoms. The lowest BCUT2D eigenvalue weighted by molar-refractivity contribution is 0.185. The lowest BCUT2D eigenvalue weighted by atomic mass is 10.1. The van der Waals surface area contributed by atoms with Gasteiger partial charge in [0.15, 0.2) is 0 Å². The highest BCUT2D eigenvalue weighted by molar-refractivity contribution is 4.66. The van der Waals surface area contributed by atoms with Gasteiger partial charge in [-0.05, 0) is 24.8 Å². The zero-order valence-electron chi connectivity index (χ0n) is 7.60. The Balaban J connectivity index is 1.94. The molecule has 1 aliphatic rings. The van der Waals surface area contributed by atoms with Crippen molar-refractivity contribution >= 4 is 0 Å². The molecular weight excluding hydrogens is 138 g/mol. The summed E-state index contributed by atoms with van der Waals surface area (Å²) < 4.78 is 5.27. The van der Waals surface area contributed by atoms with Crippen LogP contribution in [0.5, 0.6) is 0 Å². The molecule has 1 unspecified atom stereocenters. The Morgan fingerprint density at radius 3 is 2.91 bits per heavy atom. The van der Waals surface area contributed by atoms with Gasteiger partial charge in [-0.1, -0.05) is 13.8 Å². The number of rotatable bonds is 4. The first-order valence-electron chi connectivity index (χ1n) is 4.57. The van der Waals surface area contributed by atoms with E-state index in [0.29, 0.717) is 0 Å². The van der Waals surface area contributed by atoms with Crippen LogP contribution in [0.2, 0.25) is 0 Å². The Bertz CT molecular complexity index is 97.7. The first-order chi connectivity index (χ1) is 5.29. The second-order valence-corrected chi connectivity index (χ2v) is 3.78. The minimum Gasteiger partial charge on any atom is -0.381 e. The fourth-order valence-electron chi connectivity index (χ4n) is 1.32. The van der Waals surface area contributed by atoms with Crippen molar-refractivity contribution in [3.05, 3.63) is 0 Å². The highest BCUT2D eigenvalue weighted by Crippen LogP contribution is 2.10. The number of hydrogen-bond acceptors (Lipinski definition) is 2. The summed E-state index contributed by atoms with van der Waals surface area (Å²) in [6, 6.07) is 0. The van der Waals surface area contributed by atoms with E-state index in [1.54, 1.807) is 0 Å². The Labute approximate surface area is 69.3 Å². The molecule has 0 aromatic heterocycles. The van der Waals surface area contributed by atoms with E-state index in [1.165, 1.54) is 6.42 Å². The lowest BCUT2D eigenvalue weighted by Gasteiger charge is -2.10. The van der Waals surface area contributed by atoms with Crippen LogP contribution in [0.3, 0.4) is 0 Å². The van der Waals surface area contributed by atoms with Gasteiger partial charge in [-0.2, -0.15) is 0 Å². The van der Waals surface area contributed by atoms with E-state index in [9.17, 15) is 0 Å². The summed E-state index contributed by atoms with van der Waals surface area (Å²) in [5.74, 6) is 1.53. The lowest BCUT2D eigenvalue weighted by Crippen LogP contribution is -2.26. The van der Waals surface area contributed by atoms with Crippen LogP contribution < -0.4 is 5.32 Å². The van der Waals surface area contributed by atoms with Crippen LogP contribution in [-0.4, -0.2) is 26.3 Å². The van der Waals surface area contributed by atoms with E-state index in [1.807, 2.05) is 0 Å². The van der Waals surface area contributed by atoms with Crippen molar-refractivity contribution in [2.24, 2.45) is 11.8 Å². The summed E-state index contributed by atoms with van der Waals surface area (Å²) in [7, 11) is 0. The molecule has 0 bridgehead atoms. The predicted octanol–water partition coefficient (Wildman–Crippen LogP) is 1.27. The van der Waals surface area contributed by atoms with E-state index < -0.39 is 0 Å². The maximum absolute atomic E-state index is 5.27. The third kappa shape index (κ3) is 3.73.